The zero-order valence-corrected chi connectivity index (χ0v) is 13.7. The van der Waals surface area contributed by atoms with E-state index in [0.29, 0.717) is 0 Å². The normalized spacial score (nSPS) is 11.8. The first-order valence-corrected chi connectivity index (χ1v) is 7.91. The topological polar surface area (TPSA) is 43.8 Å². The molecule has 0 aliphatic carbocycles. The number of nitrogens with zero attached hydrogens (tertiary/aromatic N) is 2. The Labute approximate surface area is 138 Å². The summed E-state index contributed by atoms with van der Waals surface area (Å²) in [6.45, 7) is 2.27. The van der Waals surface area contributed by atoms with E-state index in [2.05, 4.69) is 0 Å². The standard InChI is InChI=1S/C19H24N2O2/c1-3-16(15-22)21(18-12-8-5-9-13-18)14-19(23)20(2)17-10-6-4-7-11-17/h4-13,16,22H,3,14-15H2,1-2H3. The Kier molecular flexibility index (Phi) is 6.18. The molecular formula is C19H24N2O2. The summed E-state index contributed by atoms with van der Waals surface area (Å²) >= 11 is 0. The van der Waals surface area contributed by atoms with Gasteiger partial charge in [-0.15, -0.1) is 0 Å². The third-order valence-electron chi connectivity index (χ3n) is 4.03. The molecule has 0 heterocycles. The van der Waals surface area contributed by atoms with Crippen LogP contribution in [0.3, 0.4) is 0 Å². The van der Waals surface area contributed by atoms with Gasteiger partial charge in [-0.2, -0.15) is 0 Å². The summed E-state index contributed by atoms with van der Waals surface area (Å²) in [5.74, 6) is -0.00745. The van der Waals surface area contributed by atoms with E-state index >= 15 is 0 Å². The molecule has 0 aromatic heterocycles. The first-order chi connectivity index (χ1) is 11.2. The third-order valence-corrected chi connectivity index (χ3v) is 4.03. The summed E-state index contributed by atoms with van der Waals surface area (Å²) in [6, 6.07) is 19.3. The van der Waals surface area contributed by atoms with Crippen molar-refractivity contribution in [3.63, 3.8) is 0 Å². The molecular weight excluding hydrogens is 288 g/mol. The van der Waals surface area contributed by atoms with Crippen molar-refractivity contribution in [1.82, 2.24) is 0 Å². The van der Waals surface area contributed by atoms with Crippen LogP contribution in [-0.4, -0.2) is 37.3 Å². The lowest BCUT2D eigenvalue weighted by molar-refractivity contribution is -0.117. The van der Waals surface area contributed by atoms with Crippen molar-refractivity contribution in [2.75, 3.05) is 30.0 Å². The molecule has 0 radical (unpaired) electrons. The number of aliphatic hydroxyl groups excluding tert-OH is 1. The van der Waals surface area contributed by atoms with Crippen molar-refractivity contribution in [3.8, 4) is 0 Å². The van der Waals surface area contributed by atoms with Crippen molar-refractivity contribution < 1.29 is 9.90 Å². The van der Waals surface area contributed by atoms with E-state index in [9.17, 15) is 9.90 Å². The Hall–Kier alpha value is -2.33. The molecule has 23 heavy (non-hydrogen) atoms. The van der Waals surface area contributed by atoms with Gasteiger partial charge in [-0.05, 0) is 30.7 Å². The van der Waals surface area contributed by atoms with Crippen LogP contribution in [0.1, 0.15) is 13.3 Å². The second kappa shape index (κ2) is 8.34. The average Bonchev–Trinajstić information content (AvgIpc) is 2.62. The average molecular weight is 312 g/mol. The summed E-state index contributed by atoms with van der Waals surface area (Å²) in [6.07, 6.45) is 0.772. The largest absolute Gasteiger partial charge is 0.394 e. The quantitative estimate of drug-likeness (QED) is 0.855. The number of hydrogen-bond acceptors (Lipinski definition) is 3. The Bertz CT molecular complexity index is 597. The highest BCUT2D eigenvalue weighted by molar-refractivity contribution is 5.96. The molecule has 4 heteroatoms. The van der Waals surface area contributed by atoms with E-state index in [-0.39, 0.29) is 25.1 Å². The van der Waals surface area contributed by atoms with Crippen LogP contribution in [0, 0.1) is 0 Å². The maximum Gasteiger partial charge on any atom is 0.246 e. The number of carbonyl (C=O) groups is 1. The van der Waals surface area contributed by atoms with Crippen LogP contribution in [0.5, 0.6) is 0 Å². The first kappa shape index (κ1) is 17.0. The minimum Gasteiger partial charge on any atom is -0.394 e. The Morgan fingerprint density at radius 1 is 1.00 bits per heavy atom. The summed E-state index contributed by atoms with van der Waals surface area (Å²) in [5, 5.41) is 9.66. The van der Waals surface area contributed by atoms with E-state index < -0.39 is 0 Å². The number of para-hydroxylation sites is 2. The summed E-state index contributed by atoms with van der Waals surface area (Å²) < 4.78 is 0. The van der Waals surface area contributed by atoms with Gasteiger partial charge in [-0.25, -0.2) is 0 Å². The molecule has 0 saturated heterocycles. The maximum absolute atomic E-state index is 12.7. The smallest absolute Gasteiger partial charge is 0.246 e. The van der Waals surface area contributed by atoms with E-state index in [1.165, 1.54) is 0 Å². The molecule has 0 spiro atoms. The van der Waals surface area contributed by atoms with Gasteiger partial charge in [0.1, 0.15) is 0 Å². The SMILES string of the molecule is CCC(CO)N(CC(=O)N(C)c1ccccc1)c1ccccc1. The number of hydrogen-bond donors (Lipinski definition) is 1. The molecule has 122 valence electrons. The first-order valence-electron chi connectivity index (χ1n) is 7.91. The Morgan fingerprint density at radius 2 is 1.52 bits per heavy atom. The molecule has 0 fully saturated rings. The molecule has 2 rings (SSSR count). The van der Waals surface area contributed by atoms with Crippen LogP contribution >= 0.6 is 0 Å². The maximum atomic E-state index is 12.7. The van der Waals surface area contributed by atoms with Crippen molar-refractivity contribution in [2.45, 2.75) is 19.4 Å². The zero-order valence-electron chi connectivity index (χ0n) is 13.7. The molecule has 0 bridgehead atoms. The predicted octanol–water partition coefficient (Wildman–Crippen LogP) is 2.93. The molecule has 4 nitrogen and oxygen atoms in total. The number of carbonyl (C=O) groups excluding carboxylic acids is 1. The Morgan fingerprint density at radius 3 is 2.00 bits per heavy atom. The zero-order chi connectivity index (χ0) is 16.7. The Balaban J connectivity index is 2.19. The predicted molar refractivity (Wildman–Crippen MR) is 94.8 cm³/mol. The van der Waals surface area contributed by atoms with Gasteiger partial charge in [0, 0.05) is 18.4 Å². The minimum absolute atomic E-state index is 0.00745. The highest BCUT2D eigenvalue weighted by Gasteiger charge is 2.21. The van der Waals surface area contributed by atoms with E-state index in [4.69, 9.17) is 0 Å². The number of amides is 1. The molecule has 0 aliphatic rings. The van der Waals surface area contributed by atoms with Gasteiger partial charge in [0.2, 0.25) is 5.91 Å². The third kappa shape index (κ3) is 4.33. The molecule has 0 saturated carbocycles. The molecule has 1 atom stereocenters. The number of benzene rings is 2. The van der Waals surface area contributed by atoms with Gasteiger partial charge in [0.15, 0.2) is 0 Å². The van der Waals surface area contributed by atoms with Crippen LogP contribution in [0.25, 0.3) is 0 Å². The number of anilines is 2. The van der Waals surface area contributed by atoms with Crippen molar-refractivity contribution in [2.24, 2.45) is 0 Å². The lowest BCUT2D eigenvalue weighted by atomic mass is 10.1. The van der Waals surface area contributed by atoms with Crippen LogP contribution < -0.4 is 9.80 Å². The fourth-order valence-electron chi connectivity index (χ4n) is 2.55. The fraction of sp³-hybridized carbons (Fsp3) is 0.316. The lowest BCUT2D eigenvalue weighted by Crippen LogP contribution is -2.45. The van der Waals surface area contributed by atoms with Crippen LogP contribution in [0.15, 0.2) is 60.7 Å². The lowest BCUT2D eigenvalue weighted by Gasteiger charge is -2.33. The van der Waals surface area contributed by atoms with Gasteiger partial charge in [0.05, 0.1) is 19.2 Å². The van der Waals surface area contributed by atoms with Crippen LogP contribution in [0.2, 0.25) is 0 Å². The van der Waals surface area contributed by atoms with E-state index in [1.54, 1.807) is 11.9 Å². The summed E-state index contributed by atoms with van der Waals surface area (Å²) in [5.41, 5.74) is 1.81. The van der Waals surface area contributed by atoms with Gasteiger partial charge in [0.25, 0.3) is 0 Å². The van der Waals surface area contributed by atoms with Gasteiger partial charge in [-0.3, -0.25) is 4.79 Å². The van der Waals surface area contributed by atoms with Crippen LogP contribution in [0.4, 0.5) is 11.4 Å². The van der Waals surface area contributed by atoms with Gasteiger partial charge >= 0.3 is 0 Å². The molecule has 2 aromatic carbocycles. The van der Waals surface area contributed by atoms with Crippen molar-refractivity contribution >= 4 is 17.3 Å². The van der Waals surface area contributed by atoms with Crippen molar-refractivity contribution in [3.05, 3.63) is 60.7 Å². The van der Waals surface area contributed by atoms with E-state index in [1.807, 2.05) is 72.5 Å². The van der Waals surface area contributed by atoms with Crippen molar-refractivity contribution in [1.29, 1.82) is 0 Å². The highest BCUT2D eigenvalue weighted by atomic mass is 16.3. The van der Waals surface area contributed by atoms with E-state index in [0.717, 1.165) is 17.8 Å². The minimum atomic E-state index is -0.0782. The molecule has 1 amide bonds. The van der Waals surface area contributed by atoms with Gasteiger partial charge < -0.3 is 14.9 Å². The summed E-state index contributed by atoms with van der Waals surface area (Å²) in [4.78, 5) is 16.3. The van der Waals surface area contributed by atoms with Crippen LogP contribution in [-0.2, 0) is 4.79 Å². The second-order valence-corrected chi connectivity index (χ2v) is 5.50. The molecule has 0 aliphatic heterocycles. The molecule has 1 N–H and O–H groups in total. The second-order valence-electron chi connectivity index (χ2n) is 5.50. The highest BCUT2D eigenvalue weighted by Crippen LogP contribution is 2.19. The molecule has 1 unspecified atom stereocenters. The number of likely N-dealkylation sites (N-methyl/N-ethyl adjacent to an activating group) is 1. The summed E-state index contributed by atoms with van der Waals surface area (Å²) in [7, 11) is 1.78. The number of rotatable bonds is 7. The monoisotopic (exact) mass is 312 g/mol. The van der Waals surface area contributed by atoms with Gasteiger partial charge in [-0.1, -0.05) is 43.3 Å². The fourth-order valence-corrected chi connectivity index (χ4v) is 2.55. The number of aliphatic hydroxyl groups is 1. The molecule has 2 aromatic rings.